The van der Waals surface area contributed by atoms with Crippen LogP contribution in [0, 0.1) is 5.41 Å². The summed E-state index contributed by atoms with van der Waals surface area (Å²) >= 11 is 2.31. The summed E-state index contributed by atoms with van der Waals surface area (Å²) in [7, 11) is 0. The number of ether oxygens (including phenoxy) is 1. The smallest absolute Gasteiger partial charge is 0.417 e. The Morgan fingerprint density at radius 2 is 2.11 bits per heavy atom. The molecule has 0 aliphatic carbocycles. The first-order valence-corrected chi connectivity index (χ1v) is 8.26. The lowest BCUT2D eigenvalue weighted by atomic mass is 9.83. The monoisotopic (exact) mass is 381 g/mol. The summed E-state index contributed by atoms with van der Waals surface area (Å²) in [6.07, 6.45) is 2.04. The van der Waals surface area contributed by atoms with Crippen molar-refractivity contribution in [1.82, 2.24) is 4.90 Å². The van der Waals surface area contributed by atoms with Crippen molar-refractivity contribution in [3.8, 4) is 0 Å². The number of rotatable bonds is 3. The molecule has 5 heteroatoms. The third kappa shape index (κ3) is 4.07. The molecule has 2 amide bonds. The maximum atomic E-state index is 12.5. The number of likely N-dealkylation sites (tertiary alicyclic amines) is 1. The van der Waals surface area contributed by atoms with Crippen molar-refractivity contribution < 1.29 is 14.3 Å². The number of amides is 2. The van der Waals surface area contributed by atoms with Gasteiger partial charge in [-0.1, -0.05) is 29.5 Å². The summed E-state index contributed by atoms with van der Waals surface area (Å²) in [4.78, 5) is 25.9. The Bertz CT molecular complexity index is 364. The van der Waals surface area contributed by atoms with Gasteiger partial charge in [0.05, 0.1) is 0 Å². The molecule has 0 N–H and O–H groups in total. The van der Waals surface area contributed by atoms with Crippen LogP contribution in [0.4, 0.5) is 4.79 Å². The molecule has 4 nitrogen and oxygen atoms in total. The molecule has 0 bridgehead atoms. The van der Waals surface area contributed by atoms with Gasteiger partial charge in [0, 0.05) is 11.5 Å². The van der Waals surface area contributed by atoms with Crippen molar-refractivity contribution >= 4 is 34.6 Å². The quantitative estimate of drug-likeness (QED) is 0.553. The van der Waals surface area contributed by atoms with E-state index in [4.69, 9.17) is 4.74 Å². The van der Waals surface area contributed by atoms with E-state index in [9.17, 15) is 9.59 Å². The number of nitrogens with zero attached hydrogens (tertiary/aromatic N) is 1. The van der Waals surface area contributed by atoms with Gasteiger partial charge in [0.15, 0.2) is 0 Å². The number of alkyl halides is 1. The van der Waals surface area contributed by atoms with Gasteiger partial charge in [0.1, 0.15) is 5.60 Å². The third-order valence-corrected chi connectivity index (χ3v) is 4.14. The van der Waals surface area contributed by atoms with Gasteiger partial charge in [0.2, 0.25) is 5.91 Å². The van der Waals surface area contributed by atoms with E-state index in [1.165, 1.54) is 4.90 Å². The molecule has 2 atom stereocenters. The van der Waals surface area contributed by atoms with Gasteiger partial charge in [-0.05, 0) is 51.4 Å². The van der Waals surface area contributed by atoms with Crippen LogP contribution in [-0.2, 0) is 9.53 Å². The van der Waals surface area contributed by atoms with E-state index in [1.807, 2.05) is 34.6 Å². The van der Waals surface area contributed by atoms with Crippen LogP contribution in [0.2, 0.25) is 0 Å². The minimum absolute atomic E-state index is 0.0819. The molecular weight excluding hydrogens is 357 g/mol. The molecule has 1 rings (SSSR count). The van der Waals surface area contributed by atoms with Gasteiger partial charge < -0.3 is 4.74 Å². The molecule has 19 heavy (non-hydrogen) atoms. The minimum atomic E-state index is -0.571. The number of hydrogen-bond donors (Lipinski definition) is 0. The van der Waals surface area contributed by atoms with Crippen molar-refractivity contribution in [3.05, 3.63) is 0 Å². The SMILES string of the molecule is CC1CC(C)(CCCI)C(=O)N1C(=O)OC(C)(C)C. The predicted molar refractivity (Wildman–Crippen MR) is 83.4 cm³/mol. The second-order valence-electron chi connectivity index (χ2n) is 6.56. The molecule has 0 radical (unpaired) electrons. The van der Waals surface area contributed by atoms with Crippen LogP contribution in [0.15, 0.2) is 0 Å². The van der Waals surface area contributed by atoms with Gasteiger partial charge >= 0.3 is 6.09 Å². The lowest BCUT2D eigenvalue weighted by Crippen LogP contribution is -2.43. The standard InChI is InChI=1S/C14H24INO3/c1-10-9-14(5,7-6-8-15)11(17)16(10)12(18)19-13(2,3)4/h10H,6-9H2,1-5H3. The molecule has 110 valence electrons. The fourth-order valence-electron chi connectivity index (χ4n) is 2.56. The van der Waals surface area contributed by atoms with Crippen LogP contribution >= 0.6 is 22.6 Å². The largest absolute Gasteiger partial charge is 0.443 e. The first-order valence-electron chi connectivity index (χ1n) is 6.73. The molecule has 2 unspecified atom stereocenters. The Morgan fingerprint density at radius 3 is 2.58 bits per heavy atom. The second-order valence-corrected chi connectivity index (χ2v) is 7.64. The molecule has 1 saturated heterocycles. The summed E-state index contributed by atoms with van der Waals surface area (Å²) in [5.74, 6) is -0.0842. The van der Waals surface area contributed by atoms with E-state index in [1.54, 1.807) is 0 Å². The number of halogens is 1. The molecular formula is C14H24INO3. The van der Waals surface area contributed by atoms with E-state index >= 15 is 0 Å². The number of hydrogen-bond acceptors (Lipinski definition) is 3. The number of imide groups is 1. The Balaban J connectivity index is 2.81. The lowest BCUT2D eigenvalue weighted by Gasteiger charge is -2.26. The summed E-state index contributed by atoms with van der Waals surface area (Å²) in [6, 6.07) is -0.0819. The van der Waals surface area contributed by atoms with Crippen LogP contribution < -0.4 is 0 Å². The molecule has 0 aromatic heterocycles. The fourth-order valence-corrected chi connectivity index (χ4v) is 2.94. The lowest BCUT2D eigenvalue weighted by molar-refractivity contribution is -0.135. The van der Waals surface area contributed by atoms with Gasteiger partial charge in [-0.15, -0.1) is 0 Å². The summed E-state index contributed by atoms with van der Waals surface area (Å²) in [5, 5.41) is 0. The van der Waals surface area contributed by atoms with Gasteiger partial charge in [0.25, 0.3) is 0 Å². The first-order chi connectivity index (χ1) is 8.60. The highest BCUT2D eigenvalue weighted by Gasteiger charge is 2.49. The summed E-state index contributed by atoms with van der Waals surface area (Å²) in [5.41, 5.74) is -0.986. The second kappa shape index (κ2) is 5.97. The molecule has 1 heterocycles. The Morgan fingerprint density at radius 1 is 1.53 bits per heavy atom. The maximum Gasteiger partial charge on any atom is 0.417 e. The summed E-state index contributed by atoms with van der Waals surface area (Å²) in [6.45, 7) is 9.31. The van der Waals surface area contributed by atoms with Gasteiger partial charge in [-0.3, -0.25) is 4.79 Å². The molecule has 1 fully saturated rings. The van der Waals surface area contributed by atoms with Crippen LogP contribution in [0.1, 0.15) is 53.9 Å². The molecule has 1 aliphatic heterocycles. The van der Waals surface area contributed by atoms with E-state index in [0.717, 1.165) is 23.7 Å². The number of carbonyl (C=O) groups excluding carboxylic acids is 2. The Labute approximate surface area is 129 Å². The third-order valence-electron chi connectivity index (χ3n) is 3.37. The highest BCUT2D eigenvalue weighted by molar-refractivity contribution is 14.1. The first kappa shape index (κ1) is 16.7. The normalized spacial score (nSPS) is 27.8. The molecule has 1 aliphatic rings. The fraction of sp³-hybridized carbons (Fsp3) is 0.857. The van der Waals surface area contributed by atoms with E-state index in [-0.39, 0.29) is 11.9 Å². The summed E-state index contributed by atoms with van der Waals surface area (Å²) < 4.78 is 6.35. The minimum Gasteiger partial charge on any atom is -0.443 e. The number of carbonyl (C=O) groups is 2. The van der Waals surface area contributed by atoms with Crippen molar-refractivity contribution in [2.24, 2.45) is 5.41 Å². The highest BCUT2D eigenvalue weighted by Crippen LogP contribution is 2.40. The van der Waals surface area contributed by atoms with Crippen LogP contribution in [-0.4, -0.2) is 33.0 Å². The molecule has 0 spiro atoms. The van der Waals surface area contributed by atoms with Crippen molar-refractivity contribution in [3.63, 3.8) is 0 Å². The molecule has 0 aromatic carbocycles. The molecule has 0 saturated carbocycles. The predicted octanol–water partition coefficient (Wildman–Crippen LogP) is 3.76. The average molecular weight is 381 g/mol. The Hall–Kier alpha value is -0.330. The maximum absolute atomic E-state index is 12.5. The van der Waals surface area contributed by atoms with E-state index < -0.39 is 17.1 Å². The van der Waals surface area contributed by atoms with Crippen LogP contribution in [0.25, 0.3) is 0 Å². The zero-order valence-corrected chi connectivity index (χ0v) is 14.6. The highest BCUT2D eigenvalue weighted by atomic mass is 127. The van der Waals surface area contributed by atoms with Crippen LogP contribution in [0.5, 0.6) is 0 Å². The average Bonchev–Trinajstić information content (AvgIpc) is 2.45. The van der Waals surface area contributed by atoms with Crippen molar-refractivity contribution in [2.75, 3.05) is 4.43 Å². The van der Waals surface area contributed by atoms with Gasteiger partial charge in [-0.25, -0.2) is 9.69 Å². The van der Waals surface area contributed by atoms with E-state index in [2.05, 4.69) is 22.6 Å². The Kier molecular flexibility index (Phi) is 5.26. The van der Waals surface area contributed by atoms with E-state index in [0.29, 0.717) is 0 Å². The van der Waals surface area contributed by atoms with Crippen molar-refractivity contribution in [1.29, 1.82) is 0 Å². The zero-order valence-electron chi connectivity index (χ0n) is 12.5. The topological polar surface area (TPSA) is 46.6 Å². The van der Waals surface area contributed by atoms with Crippen LogP contribution in [0.3, 0.4) is 0 Å². The van der Waals surface area contributed by atoms with Gasteiger partial charge in [-0.2, -0.15) is 0 Å². The molecule has 0 aromatic rings. The van der Waals surface area contributed by atoms with Crippen molar-refractivity contribution in [2.45, 2.75) is 65.5 Å². The zero-order chi connectivity index (χ0) is 14.8.